The minimum absolute atomic E-state index is 0.159. The highest BCUT2D eigenvalue weighted by Gasteiger charge is 2.21. The zero-order valence-corrected chi connectivity index (χ0v) is 18.2. The fraction of sp³-hybridized carbons (Fsp3) is 0.300. The number of nitrogens with one attached hydrogen (secondary N) is 1. The molecule has 158 valence electrons. The lowest BCUT2D eigenvalue weighted by molar-refractivity contribution is 0.102. The van der Waals surface area contributed by atoms with Crippen molar-refractivity contribution in [3.05, 3.63) is 42.0 Å². The smallest absolute Gasteiger partial charge is 0.257 e. The van der Waals surface area contributed by atoms with Crippen LogP contribution in [0.5, 0.6) is 11.5 Å². The fourth-order valence-corrected chi connectivity index (χ4v) is 5.08. The van der Waals surface area contributed by atoms with Crippen LogP contribution in [0.3, 0.4) is 0 Å². The van der Waals surface area contributed by atoms with Crippen LogP contribution < -0.4 is 14.8 Å². The molecule has 1 aromatic heterocycles. The molecule has 1 N–H and O–H groups in total. The highest BCUT2D eigenvalue weighted by Crippen LogP contribution is 2.39. The minimum atomic E-state index is -3.57. The third kappa shape index (κ3) is 3.98. The van der Waals surface area contributed by atoms with Crippen LogP contribution in [-0.4, -0.2) is 44.0 Å². The molecule has 3 aromatic rings. The maximum absolute atomic E-state index is 12.6. The summed E-state index contributed by atoms with van der Waals surface area (Å²) in [4.78, 5) is 17.1. The Morgan fingerprint density at radius 1 is 1.20 bits per heavy atom. The summed E-state index contributed by atoms with van der Waals surface area (Å²) in [5, 5.41) is 3.20. The number of benzene rings is 2. The Morgan fingerprint density at radius 2 is 1.90 bits per heavy atom. The van der Waals surface area contributed by atoms with E-state index in [0.717, 1.165) is 17.5 Å². The molecule has 0 atom stereocenters. The average Bonchev–Trinajstić information content (AvgIpc) is 3.35. The van der Waals surface area contributed by atoms with Crippen molar-refractivity contribution in [2.75, 3.05) is 25.7 Å². The lowest BCUT2D eigenvalue weighted by Gasteiger charge is -2.16. The summed E-state index contributed by atoms with van der Waals surface area (Å²) >= 11 is 1.32. The number of hydrogen-bond donors (Lipinski definition) is 1. The van der Waals surface area contributed by atoms with Crippen LogP contribution in [0.2, 0.25) is 0 Å². The van der Waals surface area contributed by atoms with Gasteiger partial charge in [0.2, 0.25) is 16.8 Å². The van der Waals surface area contributed by atoms with Gasteiger partial charge in [0.15, 0.2) is 16.6 Å². The second kappa shape index (κ2) is 8.21. The Balaban J connectivity index is 1.48. The van der Waals surface area contributed by atoms with E-state index >= 15 is 0 Å². The van der Waals surface area contributed by atoms with E-state index in [1.807, 2.05) is 13.0 Å². The Morgan fingerprint density at radius 3 is 2.60 bits per heavy atom. The summed E-state index contributed by atoms with van der Waals surface area (Å²) in [6, 6.07) is 9.51. The van der Waals surface area contributed by atoms with Gasteiger partial charge >= 0.3 is 0 Å². The number of carbonyl (C=O) groups is 1. The summed E-state index contributed by atoms with van der Waals surface area (Å²) < 4.78 is 38.1. The summed E-state index contributed by atoms with van der Waals surface area (Å²) in [5.74, 6) is 0.925. The van der Waals surface area contributed by atoms with Gasteiger partial charge in [-0.05, 0) is 30.7 Å². The number of sulfonamides is 1. The average molecular weight is 448 g/mol. The standard InChI is InChI=1S/C20H21N3O5S2/c1-3-4-9-23(2)30(25,26)14-7-5-13(6-8-14)19(24)22-20-21-15-10-16-17(28-12-27-16)11-18(15)29-20/h5-8,10-11H,3-4,9,12H2,1-2H3,(H,21,22,24). The largest absolute Gasteiger partial charge is 0.454 e. The van der Waals surface area contributed by atoms with Gasteiger partial charge < -0.3 is 9.47 Å². The molecule has 4 rings (SSSR count). The predicted octanol–water partition coefficient (Wildman–Crippen LogP) is 3.70. The highest BCUT2D eigenvalue weighted by atomic mass is 32.2. The Hall–Kier alpha value is -2.69. The molecule has 30 heavy (non-hydrogen) atoms. The Bertz CT molecular complexity index is 1150. The fourth-order valence-electron chi connectivity index (χ4n) is 3.00. The zero-order chi connectivity index (χ0) is 21.3. The van der Waals surface area contributed by atoms with Crippen LogP contribution in [0.4, 0.5) is 5.13 Å². The maximum atomic E-state index is 12.6. The predicted molar refractivity (Wildman–Crippen MR) is 115 cm³/mol. The number of fused-ring (bicyclic) bond motifs is 2. The molecular formula is C20H21N3O5S2. The van der Waals surface area contributed by atoms with Gasteiger partial charge in [-0.1, -0.05) is 24.7 Å². The summed E-state index contributed by atoms with van der Waals surface area (Å²) in [5.41, 5.74) is 1.05. The third-order valence-electron chi connectivity index (χ3n) is 4.75. The number of anilines is 1. The molecule has 0 aliphatic carbocycles. The lowest BCUT2D eigenvalue weighted by Crippen LogP contribution is -2.28. The number of aromatic nitrogens is 1. The second-order valence-electron chi connectivity index (χ2n) is 6.85. The van der Waals surface area contributed by atoms with Crippen molar-refractivity contribution in [2.45, 2.75) is 24.7 Å². The molecule has 10 heteroatoms. The van der Waals surface area contributed by atoms with Crippen LogP contribution in [0.1, 0.15) is 30.1 Å². The summed E-state index contributed by atoms with van der Waals surface area (Å²) in [7, 11) is -2.01. The van der Waals surface area contributed by atoms with E-state index in [-0.39, 0.29) is 17.6 Å². The first-order chi connectivity index (χ1) is 14.4. The van der Waals surface area contributed by atoms with E-state index in [1.54, 1.807) is 13.1 Å². The first-order valence-corrected chi connectivity index (χ1v) is 11.7. The van der Waals surface area contributed by atoms with Gasteiger partial charge in [-0.3, -0.25) is 10.1 Å². The molecule has 0 spiro atoms. The number of amides is 1. The molecule has 1 amide bonds. The molecule has 2 heterocycles. The molecule has 0 fully saturated rings. The van der Waals surface area contributed by atoms with E-state index in [0.29, 0.717) is 34.3 Å². The van der Waals surface area contributed by atoms with Gasteiger partial charge in [-0.25, -0.2) is 17.7 Å². The quantitative estimate of drug-likeness (QED) is 0.593. The van der Waals surface area contributed by atoms with Gasteiger partial charge in [0.05, 0.1) is 15.1 Å². The second-order valence-corrected chi connectivity index (χ2v) is 9.93. The third-order valence-corrected chi connectivity index (χ3v) is 7.56. The Labute approximate surface area is 178 Å². The summed E-state index contributed by atoms with van der Waals surface area (Å²) in [6.45, 7) is 2.65. The molecule has 0 saturated carbocycles. The van der Waals surface area contributed by atoms with Crippen molar-refractivity contribution in [2.24, 2.45) is 0 Å². The molecular weight excluding hydrogens is 426 g/mol. The first-order valence-electron chi connectivity index (χ1n) is 9.46. The van der Waals surface area contributed by atoms with E-state index in [2.05, 4.69) is 10.3 Å². The van der Waals surface area contributed by atoms with E-state index < -0.39 is 10.0 Å². The van der Waals surface area contributed by atoms with Crippen LogP contribution in [0.15, 0.2) is 41.3 Å². The van der Waals surface area contributed by atoms with Crippen molar-refractivity contribution in [1.29, 1.82) is 0 Å². The topological polar surface area (TPSA) is 97.8 Å². The summed E-state index contributed by atoms with van der Waals surface area (Å²) in [6.07, 6.45) is 1.70. The molecule has 8 nitrogen and oxygen atoms in total. The number of unbranched alkanes of at least 4 members (excludes halogenated alkanes) is 1. The number of nitrogens with zero attached hydrogens (tertiary/aromatic N) is 2. The molecule has 2 aromatic carbocycles. The number of hydrogen-bond acceptors (Lipinski definition) is 7. The van der Waals surface area contributed by atoms with Crippen molar-refractivity contribution in [3.63, 3.8) is 0 Å². The highest BCUT2D eigenvalue weighted by molar-refractivity contribution is 7.89. The Kier molecular flexibility index (Phi) is 5.63. The van der Waals surface area contributed by atoms with Crippen molar-refractivity contribution in [3.8, 4) is 11.5 Å². The van der Waals surface area contributed by atoms with Crippen molar-refractivity contribution in [1.82, 2.24) is 9.29 Å². The molecule has 1 aliphatic heterocycles. The minimum Gasteiger partial charge on any atom is -0.454 e. The van der Waals surface area contributed by atoms with E-state index in [9.17, 15) is 13.2 Å². The monoisotopic (exact) mass is 447 g/mol. The van der Waals surface area contributed by atoms with Crippen LogP contribution in [0, 0.1) is 0 Å². The molecule has 0 radical (unpaired) electrons. The van der Waals surface area contributed by atoms with Crippen molar-refractivity contribution < 1.29 is 22.7 Å². The van der Waals surface area contributed by atoms with Crippen molar-refractivity contribution >= 4 is 42.6 Å². The molecule has 0 unspecified atom stereocenters. The lowest BCUT2D eigenvalue weighted by atomic mass is 10.2. The van der Waals surface area contributed by atoms with Crippen LogP contribution in [-0.2, 0) is 10.0 Å². The van der Waals surface area contributed by atoms with Gasteiger partial charge in [0.1, 0.15) is 0 Å². The van der Waals surface area contributed by atoms with Gasteiger partial charge in [0, 0.05) is 31.3 Å². The first kappa shape index (κ1) is 20.6. The van der Waals surface area contributed by atoms with Gasteiger partial charge in [0.25, 0.3) is 5.91 Å². The normalized spacial score (nSPS) is 13.2. The number of carbonyl (C=O) groups excluding carboxylic acids is 1. The van der Waals surface area contributed by atoms with Gasteiger partial charge in [-0.2, -0.15) is 0 Å². The SMILES string of the molecule is CCCCN(C)S(=O)(=O)c1ccc(C(=O)Nc2nc3cc4c(cc3s2)OCO4)cc1. The number of thiazole rings is 1. The molecule has 1 aliphatic rings. The number of ether oxygens (including phenoxy) is 2. The number of rotatable bonds is 7. The van der Waals surface area contributed by atoms with E-state index in [1.165, 1.54) is 39.9 Å². The zero-order valence-electron chi connectivity index (χ0n) is 16.5. The van der Waals surface area contributed by atoms with Crippen LogP contribution in [0.25, 0.3) is 10.2 Å². The van der Waals surface area contributed by atoms with E-state index in [4.69, 9.17) is 9.47 Å². The molecule has 0 bridgehead atoms. The van der Waals surface area contributed by atoms with Crippen LogP contribution >= 0.6 is 11.3 Å². The molecule has 0 saturated heterocycles. The maximum Gasteiger partial charge on any atom is 0.257 e. The van der Waals surface area contributed by atoms with Gasteiger partial charge in [-0.15, -0.1) is 0 Å².